The van der Waals surface area contributed by atoms with Crippen molar-refractivity contribution in [3.8, 4) is 0 Å². The Morgan fingerprint density at radius 3 is 2.67 bits per heavy atom. The predicted octanol–water partition coefficient (Wildman–Crippen LogP) is 2.11. The van der Waals surface area contributed by atoms with E-state index >= 15 is 0 Å². The van der Waals surface area contributed by atoms with Crippen LogP contribution in [0, 0.1) is 10.1 Å². The first kappa shape index (κ1) is 14.4. The molecular weight excluding hydrogens is 232 g/mol. The Bertz CT molecular complexity index is 409. The molecule has 6 heteroatoms. The van der Waals surface area contributed by atoms with Crippen LogP contribution < -0.4 is 11.3 Å². The van der Waals surface area contributed by atoms with Gasteiger partial charge in [0.2, 0.25) is 0 Å². The lowest BCUT2D eigenvalue weighted by Gasteiger charge is -2.19. The molecular formula is C12H20N4O2. The maximum atomic E-state index is 10.8. The summed E-state index contributed by atoms with van der Waals surface area (Å²) in [6.07, 6.45) is 1.09. The summed E-state index contributed by atoms with van der Waals surface area (Å²) in [6.45, 7) is 6.97. The van der Waals surface area contributed by atoms with Crippen LogP contribution in [0.1, 0.15) is 25.8 Å². The molecule has 0 aliphatic rings. The molecule has 0 aliphatic carbocycles. The van der Waals surface area contributed by atoms with Crippen molar-refractivity contribution >= 4 is 11.4 Å². The van der Waals surface area contributed by atoms with Crippen molar-refractivity contribution < 1.29 is 4.92 Å². The van der Waals surface area contributed by atoms with Crippen LogP contribution in [0.25, 0.3) is 0 Å². The number of nitrogens with one attached hydrogen (secondary N) is 1. The van der Waals surface area contributed by atoms with Gasteiger partial charge in [0.05, 0.1) is 4.92 Å². The van der Waals surface area contributed by atoms with Gasteiger partial charge in [0.25, 0.3) is 5.69 Å². The summed E-state index contributed by atoms with van der Waals surface area (Å²) in [5.41, 5.74) is 3.75. The normalized spacial score (nSPS) is 10.7. The largest absolute Gasteiger partial charge is 0.318 e. The average Bonchev–Trinajstić information content (AvgIpc) is 2.37. The van der Waals surface area contributed by atoms with Crippen LogP contribution in [0.2, 0.25) is 0 Å². The summed E-state index contributed by atoms with van der Waals surface area (Å²) in [6, 6.07) is 5.00. The van der Waals surface area contributed by atoms with Crippen molar-refractivity contribution in [3.63, 3.8) is 0 Å². The van der Waals surface area contributed by atoms with Crippen molar-refractivity contribution in [2.45, 2.75) is 26.8 Å². The highest BCUT2D eigenvalue weighted by molar-refractivity contribution is 5.62. The molecule has 1 aromatic carbocycles. The van der Waals surface area contributed by atoms with Crippen molar-refractivity contribution in [2.24, 2.45) is 5.84 Å². The van der Waals surface area contributed by atoms with Crippen molar-refractivity contribution in [1.82, 2.24) is 4.90 Å². The molecule has 0 aliphatic heterocycles. The zero-order valence-electron chi connectivity index (χ0n) is 10.8. The molecule has 0 saturated carbocycles. The van der Waals surface area contributed by atoms with E-state index in [2.05, 4.69) is 24.2 Å². The lowest BCUT2D eigenvalue weighted by Crippen LogP contribution is -2.23. The minimum Gasteiger partial charge on any atom is -0.318 e. The fourth-order valence-electron chi connectivity index (χ4n) is 1.88. The van der Waals surface area contributed by atoms with Gasteiger partial charge in [-0.1, -0.05) is 19.9 Å². The number of anilines is 1. The standard InChI is InChI=1S/C12H20N4O2/c1-3-7-15(4-2)9-10-5-6-12(16(17)18)11(8-10)14-13/h5-6,8,14H,3-4,7,9,13H2,1-2H3. The lowest BCUT2D eigenvalue weighted by molar-refractivity contribution is -0.384. The lowest BCUT2D eigenvalue weighted by atomic mass is 10.1. The molecule has 0 aromatic heterocycles. The summed E-state index contributed by atoms with van der Waals surface area (Å²) in [5.74, 6) is 5.31. The smallest absolute Gasteiger partial charge is 0.293 e. The number of rotatable bonds is 7. The van der Waals surface area contributed by atoms with Crippen LogP contribution in [-0.2, 0) is 6.54 Å². The Balaban J connectivity index is 2.88. The Hall–Kier alpha value is -1.66. The number of hydrogen-bond acceptors (Lipinski definition) is 5. The average molecular weight is 252 g/mol. The quantitative estimate of drug-likeness (QED) is 0.441. The van der Waals surface area contributed by atoms with E-state index in [0.717, 1.165) is 31.6 Å². The molecule has 0 amide bonds. The SMILES string of the molecule is CCCN(CC)Cc1ccc([N+](=O)[O-])c(NN)c1. The van der Waals surface area contributed by atoms with Gasteiger partial charge in [0, 0.05) is 12.6 Å². The Morgan fingerprint density at radius 1 is 1.44 bits per heavy atom. The van der Waals surface area contributed by atoms with Crippen LogP contribution in [-0.4, -0.2) is 22.9 Å². The number of nitrogens with zero attached hydrogens (tertiary/aromatic N) is 2. The van der Waals surface area contributed by atoms with Gasteiger partial charge in [0.15, 0.2) is 0 Å². The molecule has 3 N–H and O–H groups in total. The number of nitro groups is 1. The topological polar surface area (TPSA) is 84.4 Å². The van der Waals surface area contributed by atoms with Gasteiger partial charge in [-0.3, -0.25) is 20.9 Å². The Labute approximate surface area is 107 Å². The van der Waals surface area contributed by atoms with Gasteiger partial charge in [-0.05, 0) is 31.1 Å². The minimum atomic E-state index is -0.442. The third-order valence-corrected chi connectivity index (χ3v) is 2.81. The molecule has 0 fully saturated rings. The van der Waals surface area contributed by atoms with E-state index in [-0.39, 0.29) is 5.69 Å². The molecule has 0 radical (unpaired) electrons. The molecule has 0 atom stereocenters. The van der Waals surface area contributed by atoms with Gasteiger partial charge in [0.1, 0.15) is 5.69 Å². The first-order chi connectivity index (χ1) is 8.62. The Morgan fingerprint density at radius 2 is 2.17 bits per heavy atom. The van der Waals surface area contributed by atoms with E-state index in [1.54, 1.807) is 12.1 Å². The first-order valence-corrected chi connectivity index (χ1v) is 6.08. The number of nitrogen functional groups attached to an aromatic ring is 1. The molecule has 0 bridgehead atoms. The summed E-state index contributed by atoms with van der Waals surface area (Å²) < 4.78 is 0. The van der Waals surface area contributed by atoms with Gasteiger partial charge >= 0.3 is 0 Å². The number of hydrogen-bond donors (Lipinski definition) is 2. The molecule has 0 spiro atoms. The summed E-state index contributed by atoms with van der Waals surface area (Å²) in [7, 11) is 0. The van der Waals surface area contributed by atoms with E-state index in [1.807, 2.05) is 0 Å². The number of nitrogens with two attached hydrogens (primary N) is 1. The maximum Gasteiger partial charge on any atom is 0.293 e. The number of hydrazine groups is 1. The molecule has 100 valence electrons. The van der Waals surface area contributed by atoms with E-state index in [0.29, 0.717) is 5.69 Å². The third-order valence-electron chi connectivity index (χ3n) is 2.81. The highest BCUT2D eigenvalue weighted by Gasteiger charge is 2.13. The second kappa shape index (κ2) is 6.93. The molecule has 1 rings (SSSR count). The van der Waals surface area contributed by atoms with Gasteiger partial charge < -0.3 is 5.43 Å². The fraction of sp³-hybridized carbons (Fsp3) is 0.500. The molecule has 0 heterocycles. The van der Waals surface area contributed by atoms with Crippen LogP contribution in [0.4, 0.5) is 11.4 Å². The van der Waals surface area contributed by atoms with Crippen molar-refractivity contribution in [1.29, 1.82) is 0 Å². The third kappa shape index (κ3) is 3.68. The monoisotopic (exact) mass is 252 g/mol. The van der Waals surface area contributed by atoms with Crippen LogP contribution >= 0.6 is 0 Å². The second-order valence-corrected chi connectivity index (χ2v) is 4.12. The van der Waals surface area contributed by atoms with E-state index in [1.165, 1.54) is 6.07 Å². The van der Waals surface area contributed by atoms with E-state index < -0.39 is 4.92 Å². The predicted molar refractivity (Wildman–Crippen MR) is 72.1 cm³/mol. The molecule has 18 heavy (non-hydrogen) atoms. The van der Waals surface area contributed by atoms with Crippen molar-refractivity contribution in [2.75, 3.05) is 18.5 Å². The maximum absolute atomic E-state index is 10.8. The fourth-order valence-corrected chi connectivity index (χ4v) is 1.88. The van der Waals surface area contributed by atoms with Gasteiger partial charge in [-0.25, -0.2) is 0 Å². The Kier molecular flexibility index (Phi) is 5.54. The van der Waals surface area contributed by atoms with Crippen LogP contribution in [0.15, 0.2) is 18.2 Å². The van der Waals surface area contributed by atoms with Crippen molar-refractivity contribution in [3.05, 3.63) is 33.9 Å². The second-order valence-electron chi connectivity index (χ2n) is 4.12. The zero-order chi connectivity index (χ0) is 13.5. The summed E-state index contributed by atoms with van der Waals surface area (Å²) in [4.78, 5) is 12.6. The summed E-state index contributed by atoms with van der Waals surface area (Å²) in [5, 5.41) is 10.8. The first-order valence-electron chi connectivity index (χ1n) is 6.08. The van der Waals surface area contributed by atoms with E-state index in [4.69, 9.17) is 5.84 Å². The summed E-state index contributed by atoms with van der Waals surface area (Å²) >= 11 is 0. The van der Waals surface area contributed by atoms with Gasteiger partial charge in [-0.15, -0.1) is 0 Å². The minimum absolute atomic E-state index is 0.000194. The zero-order valence-corrected chi connectivity index (χ0v) is 10.8. The molecule has 0 unspecified atom stereocenters. The van der Waals surface area contributed by atoms with Gasteiger partial charge in [-0.2, -0.15) is 0 Å². The van der Waals surface area contributed by atoms with E-state index in [9.17, 15) is 10.1 Å². The molecule has 0 saturated heterocycles. The highest BCUT2D eigenvalue weighted by atomic mass is 16.6. The molecule has 1 aromatic rings. The van der Waals surface area contributed by atoms with Crippen LogP contribution in [0.3, 0.4) is 0 Å². The highest BCUT2D eigenvalue weighted by Crippen LogP contribution is 2.25. The molecule has 6 nitrogen and oxygen atoms in total. The number of nitro benzene ring substituents is 1. The van der Waals surface area contributed by atoms with Crippen LogP contribution in [0.5, 0.6) is 0 Å². The number of benzene rings is 1.